The number of halogens is 2. The molecular formula is C16H15Br2NO4. The van der Waals surface area contributed by atoms with E-state index in [1.807, 2.05) is 6.92 Å². The molecule has 0 unspecified atom stereocenters. The monoisotopic (exact) mass is 443 g/mol. The van der Waals surface area contributed by atoms with Crippen molar-refractivity contribution < 1.29 is 19.0 Å². The Balaban J connectivity index is 2.64. The standard InChI is InChI=1S/C16H15Br2NO4/c1-8-5-11(21-2)12(22-3)6-9(8)15(20)13-14(18)10(17)7-19-16(13)23-4/h5-7H,1-4H3. The number of hydrogen-bond donors (Lipinski definition) is 0. The molecule has 122 valence electrons. The molecule has 1 heterocycles. The van der Waals surface area contributed by atoms with E-state index in [2.05, 4.69) is 36.8 Å². The highest BCUT2D eigenvalue weighted by Gasteiger charge is 2.24. The van der Waals surface area contributed by atoms with Gasteiger partial charge in [0.15, 0.2) is 17.3 Å². The van der Waals surface area contributed by atoms with Crippen LogP contribution in [0.4, 0.5) is 0 Å². The van der Waals surface area contributed by atoms with Gasteiger partial charge in [-0.05, 0) is 56.5 Å². The second-order valence-corrected chi connectivity index (χ2v) is 6.30. The van der Waals surface area contributed by atoms with Crippen LogP contribution in [0.25, 0.3) is 0 Å². The summed E-state index contributed by atoms with van der Waals surface area (Å²) in [6.45, 7) is 1.83. The fraction of sp³-hybridized carbons (Fsp3) is 0.250. The summed E-state index contributed by atoms with van der Waals surface area (Å²) >= 11 is 6.77. The second kappa shape index (κ2) is 7.31. The van der Waals surface area contributed by atoms with Crippen LogP contribution in [0, 0.1) is 6.92 Å². The van der Waals surface area contributed by atoms with E-state index in [-0.39, 0.29) is 11.7 Å². The number of aryl methyl sites for hydroxylation is 1. The van der Waals surface area contributed by atoms with Crippen molar-refractivity contribution in [1.82, 2.24) is 4.98 Å². The average Bonchev–Trinajstić information content (AvgIpc) is 2.56. The Kier molecular flexibility index (Phi) is 5.64. The maximum Gasteiger partial charge on any atom is 0.225 e. The van der Waals surface area contributed by atoms with Crippen LogP contribution in [-0.4, -0.2) is 32.1 Å². The summed E-state index contributed by atoms with van der Waals surface area (Å²) in [6, 6.07) is 3.42. The van der Waals surface area contributed by atoms with Gasteiger partial charge in [0.05, 0.1) is 25.8 Å². The van der Waals surface area contributed by atoms with E-state index in [1.54, 1.807) is 25.4 Å². The maximum atomic E-state index is 13.0. The second-order valence-electron chi connectivity index (χ2n) is 4.66. The summed E-state index contributed by atoms with van der Waals surface area (Å²) in [5.41, 5.74) is 1.60. The molecule has 5 nitrogen and oxygen atoms in total. The van der Waals surface area contributed by atoms with E-state index < -0.39 is 0 Å². The Labute approximate surface area is 151 Å². The molecular weight excluding hydrogens is 430 g/mol. The molecule has 0 bridgehead atoms. The van der Waals surface area contributed by atoms with Gasteiger partial charge in [-0.2, -0.15) is 0 Å². The molecule has 2 rings (SSSR count). The van der Waals surface area contributed by atoms with Crippen molar-refractivity contribution >= 4 is 37.6 Å². The highest BCUT2D eigenvalue weighted by atomic mass is 79.9. The largest absolute Gasteiger partial charge is 0.493 e. The number of ether oxygens (including phenoxy) is 3. The van der Waals surface area contributed by atoms with Crippen molar-refractivity contribution in [1.29, 1.82) is 0 Å². The molecule has 0 atom stereocenters. The lowest BCUT2D eigenvalue weighted by atomic mass is 9.99. The van der Waals surface area contributed by atoms with E-state index in [9.17, 15) is 4.79 Å². The lowest BCUT2D eigenvalue weighted by molar-refractivity contribution is 0.103. The first-order chi connectivity index (χ1) is 10.9. The smallest absolute Gasteiger partial charge is 0.225 e. The first-order valence-electron chi connectivity index (χ1n) is 6.59. The van der Waals surface area contributed by atoms with Gasteiger partial charge in [-0.3, -0.25) is 4.79 Å². The summed E-state index contributed by atoms with van der Waals surface area (Å²) in [5.74, 6) is 1.08. The van der Waals surface area contributed by atoms with E-state index in [1.165, 1.54) is 14.2 Å². The number of ketones is 1. The molecule has 0 N–H and O–H groups in total. The quantitative estimate of drug-likeness (QED) is 0.647. The predicted molar refractivity (Wildman–Crippen MR) is 93.9 cm³/mol. The number of carbonyl (C=O) groups excluding carboxylic acids is 1. The third-order valence-corrected chi connectivity index (χ3v) is 5.29. The molecule has 1 aromatic heterocycles. The summed E-state index contributed by atoms with van der Waals surface area (Å²) < 4.78 is 17.0. The third-order valence-electron chi connectivity index (χ3n) is 3.33. The fourth-order valence-electron chi connectivity index (χ4n) is 2.16. The van der Waals surface area contributed by atoms with Crippen LogP contribution in [0.15, 0.2) is 27.3 Å². The summed E-state index contributed by atoms with van der Waals surface area (Å²) in [7, 11) is 4.55. The molecule has 0 aliphatic heterocycles. The van der Waals surface area contributed by atoms with Crippen LogP contribution in [0.2, 0.25) is 0 Å². The number of pyridine rings is 1. The number of hydrogen-bond acceptors (Lipinski definition) is 5. The summed E-state index contributed by atoms with van der Waals surface area (Å²) in [5, 5.41) is 0. The minimum Gasteiger partial charge on any atom is -0.493 e. The summed E-state index contributed by atoms with van der Waals surface area (Å²) in [4.78, 5) is 17.2. The molecule has 0 aliphatic carbocycles. The van der Waals surface area contributed by atoms with Gasteiger partial charge in [-0.15, -0.1) is 0 Å². The van der Waals surface area contributed by atoms with E-state index in [0.29, 0.717) is 31.6 Å². The molecule has 0 saturated carbocycles. The van der Waals surface area contributed by atoms with Gasteiger partial charge >= 0.3 is 0 Å². The first-order valence-corrected chi connectivity index (χ1v) is 8.18. The molecule has 0 spiro atoms. The van der Waals surface area contributed by atoms with Gasteiger partial charge < -0.3 is 14.2 Å². The van der Waals surface area contributed by atoms with Crippen LogP contribution >= 0.6 is 31.9 Å². The van der Waals surface area contributed by atoms with E-state index in [4.69, 9.17) is 14.2 Å². The van der Waals surface area contributed by atoms with Gasteiger partial charge in [0, 0.05) is 16.2 Å². The average molecular weight is 445 g/mol. The van der Waals surface area contributed by atoms with Gasteiger partial charge in [0.1, 0.15) is 5.56 Å². The number of rotatable bonds is 5. The maximum absolute atomic E-state index is 13.0. The fourth-order valence-corrected chi connectivity index (χ4v) is 2.91. The Morgan fingerprint density at radius 2 is 1.65 bits per heavy atom. The van der Waals surface area contributed by atoms with E-state index >= 15 is 0 Å². The highest BCUT2D eigenvalue weighted by Crippen LogP contribution is 2.36. The molecule has 23 heavy (non-hydrogen) atoms. The van der Waals surface area contributed by atoms with Crippen LogP contribution in [0.3, 0.4) is 0 Å². The Hall–Kier alpha value is -1.60. The van der Waals surface area contributed by atoms with Gasteiger partial charge in [0.25, 0.3) is 0 Å². The molecule has 0 fully saturated rings. The zero-order valence-electron chi connectivity index (χ0n) is 13.1. The Morgan fingerprint density at radius 3 is 2.22 bits per heavy atom. The molecule has 0 saturated heterocycles. The molecule has 0 radical (unpaired) electrons. The van der Waals surface area contributed by atoms with Crippen molar-refractivity contribution in [3.8, 4) is 17.4 Å². The minimum absolute atomic E-state index is 0.221. The zero-order chi connectivity index (χ0) is 17.1. The van der Waals surface area contributed by atoms with Crippen LogP contribution in [0.1, 0.15) is 21.5 Å². The Bertz CT molecular complexity index is 762. The topological polar surface area (TPSA) is 57.7 Å². The van der Waals surface area contributed by atoms with Crippen molar-refractivity contribution in [2.75, 3.05) is 21.3 Å². The SMILES string of the molecule is COc1cc(C)c(C(=O)c2c(OC)ncc(Br)c2Br)cc1OC. The van der Waals surface area contributed by atoms with Crippen molar-refractivity contribution in [2.24, 2.45) is 0 Å². The molecule has 7 heteroatoms. The van der Waals surface area contributed by atoms with Crippen LogP contribution in [-0.2, 0) is 0 Å². The normalized spacial score (nSPS) is 10.3. The van der Waals surface area contributed by atoms with Gasteiger partial charge in [0.2, 0.25) is 5.88 Å². The lowest BCUT2D eigenvalue weighted by Crippen LogP contribution is -2.09. The molecule has 2 aromatic rings. The summed E-state index contributed by atoms with van der Waals surface area (Å²) in [6.07, 6.45) is 1.57. The van der Waals surface area contributed by atoms with E-state index in [0.717, 1.165) is 5.56 Å². The number of carbonyl (C=O) groups is 1. The van der Waals surface area contributed by atoms with Gasteiger partial charge in [-0.25, -0.2) is 4.98 Å². The van der Waals surface area contributed by atoms with Crippen LogP contribution in [0.5, 0.6) is 17.4 Å². The molecule has 0 amide bonds. The number of aromatic nitrogens is 1. The van der Waals surface area contributed by atoms with Gasteiger partial charge in [-0.1, -0.05) is 0 Å². The highest BCUT2D eigenvalue weighted by molar-refractivity contribution is 9.13. The lowest BCUT2D eigenvalue weighted by Gasteiger charge is -2.14. The first kappa shape index (κ1) is 17.7. The van der Waals surface area contributed by atoms with Crippen molar-refractivity contribution in [3.63, 3.8) is 0 Å². The Morgan fingerprint density at radius 1 is 1.04 bits per heavy atom. The van der Waals surface area contributed by atoms with Crippen molar-refractivity contribution in [2.45, 2.75) is 6.92 Å². The molecule has 1 aromatic carbocycles. The number of nitrogens with zero attached hydrogens (tertiary/aromatic N) is 1. The van der Waals surface area contributed by atoms with Crippen LogP contribution < -0.4 is 14.2 Å². The number of benzene rings is 1. The third kappa shape index (κ3) is 3.35. The predicted octanol–water partition coefficient (Wildman–Crippen LogP) is 4.17. The number of methoxy groups -OCH3 is 3. The molecule has 0 aliphatic rings. The zero-order valence-corrected chi connectivity index (χ0v) is 16.2. The minimum atomic E-state index is -0.221. The van der Waals surface area contributed by atoms with Crippen molar-refractivity contribution in [3.05, 3.63) is 44.0 Å².